The number of aliphatic carboxylic acids is 1. The molecule has 0 aliphatic carbocycles. The van der Waals surface area contributed by atoms with Crippen molar-refractivity contribution in [3.63, 3.8) is 0 Å². The fourth-order valence-electron chi connectivity index (χ4n) is 4.19. The Balaban J connectivity index is 1.62. The molecule has 0 saturated heterocycles. The number of ether oxygens (including phenoxy) is 2. The first kappa shape index (κ1) is 25.1. The minimum absolute atomic E-state index is 0.0627. The number of carboxylic acid groups (broad SMARTS) is 1. The zero-order valence-electron chi connectivity index (χ0n) is 20.8. The second-order valence-electron chi connectivity index (χ2n) is 8.64. The number of hydrogen-bond donors (Lipinski definition) is 1. The van der Waals surface area contributed by atoms with Crippen LogP contribution in [0.1, 0.15) is 16.7 Å². The van der Waals surface area contributed by atoms with E-state index in [0.717, 1.165) is 33.4 Å². The number of rotatable bonds is 10. The van der Waals surface area contributed by atoms with Crippen LogP contribution in [-0.2, 0) is 22.7 Å². The van der Waals surface area contributed by atoms with E-state index >= 15 is 0 Å². The van der Waals surface area contributed by atoms with Crippen LogP contribution in [0.25, 0.3) is 34.0 Å². The van der Waals surface area contributed by atoms with Crippen LogP contribution in [0.5, 0.6) is 5.75 Å². The Labute approximate surface area is 210 Å². The summed E-state index contributed by atoms with van der Waals surface area (Å²) < 4.78 is 16.6. The molecule has 8 nitrogen and oxygen atoms in total. The zero-order chi connectivity index (χ0) is 25.7. The van der Waals surface area contributed by atoms with Gasteiger partial charge >= 0.3 is 5.97 Å². The van der Waals surface area contributed by atoms with Gasteiger partial charge in [0.15, 0.2) is 0 Å². The molecule has 0 amide bonds. The van der Waals surface area contributed by atoms with Gasteiger partial charge in [0.25, 0.3) is 5.89 Å². The fraction of sp³-hybridized carbons (Fsp3) is 0.250. The molecule has 0 atom stereocenters. The van der Waals surface area contributed by atoms with Crippen LogP contribution in [-0.4, -0.2) is 53.9 Å². The number of methoxy groups -OCH3 is 2. The highest BCUT2D eigenvalue weighted by atomic mass is 16.5. The lowest BCUT2D eigenvalue weighted by molar-refractivity contribution is -0.138. The van der Waals surface area contributed by atoms with E-state index < -0.39 is 5.97 Å². The average Bonchev–Trinajstić information content (AvgIpc) is 3.35. The quantitative estimate of drug-likeness (QED) is 0.332. The molecule has 1 heterocycles. The van der Waals surface area contributed by atoms with Gasteiger partial charge in [-0.1, -0.05) is 47.6 Å². The van der Waals surface area contributed by atoms with Crippen molar-refractivity contribution in [1.29, 1.82) is 0 Å². The molecular formula is C28H29N3O5. The average molecular weight is 488 g/mol. The summed E-state index contributed by atoms with van der Waals surface area (Å²) in [5.74, 6) is 0.585. The van der Waals surface area contributed by atoms with Crippen LogP contribution in [0.15, 0.2) is 65.2 Å². The molecule has 0 fully saturated rings. The predicted octanol–water partition coefficient (Wildman–Crippen LogP) is 5.05. The second-order valence-corrected chi connectivity index (χ2v) is 8.64. The van der Waals surface area contributed by atoms with Crippen LogP contribution in [0.3, 0.4) is 0 Å². The highest BCUT2D eigenvalue weighted by Gasteiger charge is 2.16. The van der Waals surface area contributed by atoms with E-state index in [-0.39, 0.29) is 6.54 Å². The van der Waals surface area contributed by atoms with Crippen molar-refractivity contribution in [1.82, 2.24) is 15.0 Å². The molecule has 0 aliphatic rings. The molecule has 0 unspecified atom stereocenters. The summed E-state index contributed by atoms with van der Waals surface area (Å²) in [6.45, 7) is 2.91. The van der Waals surface area contributed by atoms with Gasteiger partial charge in [-0.15, -0.1) is 0 Å². The van der Waals surface area contributed by atoms with Crippen LogP contribution >= 0.6 is 0 Å². The van der Waals surface area contributed by atoms with E-state index in [4.69, 9.17) is 19.1 Å². The van der Waals surface area contributed by atoms with Gasteiger partial charge < -0.3 is 19.1 Å². The summed E-state index contributed by atoms with van der Waals surface area (Å²) in [6.07, 6.45) is 0. The zero-order valence-corrected chi connectivity index (χ0v) is 20.8. The van der Waals surface area contributed by atoms with Gasteiger partial charge in [0.1, 0.15) is 5.75 Å². The summed E-state index contributed by atoms with van der Waals surface area (Å²) in [5.41, 5.74) is 6.88. The maximum atomic E-state index is 11.0. The van der Waals surface area contributed by atoms with Crippen molar-refractivity contribution in [2.75, 3.05) is 27.8 Å². The largest absolute Gasteiger partial charge is 0.496 e. The Kier molecular flexibility index (Phi) is 7.77. The van der Waals surface area contributed by atoms with Crippen molar-refractivity contribution < 1.29 is 23.9 Å². The lowest BCUT2D eigenvalue weighted by Crippen LogP contribution is -2.25. The van der Waals surface area contributed by atoms with Crippen molar-refractivity contribution in [3.05, 3.63) is 77.4 Å². The first-order valence-electron chi connectivity index (χ1n) is 11.5. The number of aromatic nitrogens is 2. The van der Waals surface area contributed by atoms with Gasteiger partial charge in [-0.05, 0) is 54.4 Å². The molecule has 36 heavy (non-hydrogen) atoms. The van der Waals surface area contributed by atoms with E-state index in [1.807, 2.05) is 42.5 Å². The summed E-state index contributed by atoms with van der Waals surface area (Å²) in [6, 6.07) is 19.9. The highest BCUT2D eigenvalue weighted by Crippen LogP contribution is 2.32. The van der Waals surface area contributed by atoms with Crippen molar-refractivity contribution in [2.45, 2.75) is 20.1 Å². The number of carboxylic acids is 1. The molecule has 3 aromatic carbocycles. The van der Waals surface area contributed by atoms with Gasteiger partial charge in [0.05, 0.1) is 20.3 Å². The number of aryl methyl sites for hydroxylation is 1. The summed E-state index contributed by atoms with van der Waals surface area (Å²) in [4.78, 5) is 17.3. The predicted molar refractivity (Wildman–Crippen MR) is 137 cm³/mol. The van der Waals surface area contributed by atoms with Crippen LogP contribution in [0.4, 0.5) is 0 Å². The molecule has 0 saturated carbocycles. The minimum atomic E-state index is -0.881. The third-order valence-electron chi connectivity index (χ3n) is 5.90. The topological polar surface area (TPSA) is 97.9 Å². The lowest BCUT2D eigenvalue weighted by atomic mass is 9.94. The molecule has 186 valence electrons. The molecule has 0 aliphatic heterocycles. The molecule has 0 radical (unpaired) electrons. The number of nitrogens with zero attached hydrogens (tertiary/aromatic N) is 3. The van der Waals surface area contributed by atoms with Gasteiger partial charge in [0.2, 0.25) is 5.82 Å². The van der Waals surface area contributed by atoms with Gasteiger partial charge in [-0.3, -0.25) is 9.69 Å². The summed E-state index contributed by atoms with van der Waals surface area (Å²) in [5, 5.41) is 13.2. The van der Waals surface area contributed by atoms with Crippen molar-refractivity contribution in [3.8, 4) is 39.7 Å². The fourth-order valence-corrected chi connectivity index (χ4v) is 4.19. The number of likely N-dealkylation sites (N-methyl/N-ethyl adjacent to an activating group) is 1. The Morgan fingerprint density at radius 1 is 1.00 bits per heavy atom. The Bertz CT molecular complexity index is 1370. The summed E-state index contributed by atoms with van der Waals surface area (Å²) >= 11 is 0. The SMILES string of the molecule is COCc1cc(-c2nc(-c3ccc(CN(C)CC(=O)O)c(OC)c3)no2)ccc1-c1ccccc1C. The molecule has 8 heteroatoms. The third kappa shape index (κ3) is 5.62. The molecule has 4 rings (SSSR count). The standard InChI is InChI=1S/C28H29N3O5/c1-18-7-5-6-8-23(18)24-12-11-20(13-22(24)17-34-3)28-29-27(30-36-28)19-9-10-21(25(14-19)35-4)15-31(2)16-26(32)33/h5-14H,15-17H2,1-4H3,(H,32,33). The molecule has 1 N–H and O–H groups in total. The van der Waals surface area contributed by atoms with Gasteiger partial charge in [-0.2, -0.15) is 4.98 Å². The number of benzene rings is 3. The van der Waals surface area contributed by atoms with E-state index in [0.29, 0.717) is 30.6 Å². The van der Waals surface area contributed by atoms with Crippen LogP contribution in [0.2, 0.25) is 0 Å². The van der Waals surface area contributed by atoms with Crippen LogP contribution < -0.4 is 4.74 Å². The Hall–Kier alpha value is -4.01. The first-order valence-corrected chi connectivity index (χ1v) is 11.5. The van der Waals surface area contributed by atoms with Gasteiger partial charge in [-0.25, -0.2) is 0 Å². The normalized spacial score (nSPS) is 11.1. The smallest absolute Gasteiger partial charge is 0.317 e. The molecular weight excluding hydrogens is 458 g/mol. The van der Waals surface area contributed by atoms with E-state index in [1.165, 1.54) is 5.56 Å². The molecule has 1 aromatic heterocycles. The Morgan fingerprint density at radius 2 is 1.78 bits per heavy atom. The van der Waals surface area contributed by atoms with E-state index in [1.54, 1.807) is 26.2 Å². The van der Waals surface area contributed by atoms with Crippen molar-refractivity contribution >= 4 is 5.97 Å². The maximum absolute atomic E-state index is 11.0. The van der Waals surface area contributed by atoms with E-state index in [2.05, 4.69) is 35.3 Å². The first-order chi connectivity index (χ1) is 17.4. The van der Waals surface area contributed by atoms with Crippen LogP contribution in [0, 0.1) is 6.92 Å². The number of hydrogen-bond acceptors (Lipinski definition) is 7. The molecule has 4 aromatic rings. The number of carbonyl (C=O) groups is 1. The highest BCUT2D eigenvalue weighted by molar-refractivity contribution is 5.74. The molecule has 0 bridgehead atoms. The monoisotopic (exact) mass is 487 g/mol. The molecule has 0 spiro atoms. The van der Waals surface area contributed by atoms with Gasteiger partial charge in [0, 0.05) is 30.3 Å². The van der Waals surface area contributed by atoms with Crippen molar-refractivity contribution in [2.24, 2.45) is 0 Å². The maximum Gasteiger partial charge on any atom is 0.317 e. The van der Waals surface area contributed by atoms with E-state index in [9.17, 15) is 4.79 Å². The third-order valence-corrected chi connectivity index (χ3v) is 5.90. The second kappa shape index (κ2) is 11.2. The minimum Gasteiger partial charge on any atom is -0.496 e. The Morgan fingerprint density at radius 3 is 2.50 bits per heavy atom. The summed E-state index contributed by atoms with van der Waals surface area (Å²) in [7, 11) is 5.00. The lowest BCUT2D eigenvalue weighted by Gasteiger charge is -2.16.